The first-order chi connectivity index (χ1) is 12.5. The summed E-state index contributed by atoms with van der Waals surface area (Å²) in [5.74, 6) is 0.626. The van der Waals surface area contributed by atoms with Crippen LogP contribution in [0.5, 0.6) is 5.75 Å². The molecule has 0 unspecified atom stereocenters. The number of nitrogens with zero attached hydrogens (tertiary/aromatic N) is 3. The summed E-state index contributed by atoms with van der Waals surface area (Å²) in [5, 5.41) is 0. The molecular formula is C20H30N4O2. The van der Waals surface area contributed by atoms with E-state index in [2.05, 4.69) is 21.8 Å². The third kappa shape index (κ3) is 5.59. The average Bonchev–Trinajstić information content (AvgIpc) is 3.03. The highest BCUT2D eigenvalue weighted by Gasteiger charge is 2.21. The summed E-state index contributed by atoms with van der Waals surface area (Å²) in [6.45, 7) is 6.60. The number of hydrogen-bond acceptors (Lipinski definition) is 4. The Bertz CT molecular complexity index is 697. The van der Waals surface area contributed by atoms with Crippen molar-refractivity contribution in [2.45, 2.75) is 33.2 Å². The van der Waals surface area contributed by atoms with Crippen LogP contribution in [0.2, 0.25) is 0 Å². The molecule has 0 aliphatic heterocycles. The van der Waals surface area contributed by atoms with Gasteiger partial charge in [-0.1, -0.05) is 25.5 Å². The summed E-state index contributed by atoms with van der Waals surface area (Å²) in [4.78, 5) is 24.6. The van der Waals surface area contributed by atoms with Crippen LogP contribution < -0.4 is 4.74 Å². The summed E-state index contributed by atoms with van der Waals surface area (Å²) in [7, 11) is 4.01. The van der Waals surface area contributed by atoms with E-state index in [-0.39, 0.29) is 5.91 Å². The second kappa shape index (κ2) is 9.97. The van der Waals surface area contributed by atoms with Gasteiger partial charge >= 0.3 is 0 Å². The molecule has 0 atom stereocenters. The van der Waals surface area contributed by atoms with Crippen molar-refractivity contribution in [1.82, 2.24) is 19.8 Å². The van der Waals surface area contributed by atoms with Crippen molar-refractivity contribution < 1.29 is 9.53 Å². The summed E-state index contributed by atoms with van der Waals surface area (Å²) in [6, 6.07) is 7.49. The summed E-state index contributed by atoms with van der Waals surface area (Å²) in [6.07, 6.45) is 3.70. The van der Waals surface area contributed by atoms with E-state index in [1.54, 1.807) is 6.33 Å². The van der Waals surface area contributed by atoms with Crippen LogP contribution in [0.15, 0.2) is 30.6 Å². The molecule has 2 aromatic rings. The number of ether oxygens (including phenoxy) is 1. The van der Waals surface area contributed by atoms with Crippen LogP contribution in [0.3, 0.4) is 0 Å². The Labute approximate surface area is 156 Å². The lowest BCUT2D eigenvalue weighted by Crippen LogP contribution is -2.36. The molecular weight excluding hydrogens is 328 g/mol. The van der Waals surface area contributed by atoms with Crippen LogP contribution in [0.1, 0.15) is 41.5 Å². The topological polar surface area (TPSA) is 61.5 Å². The third-order valence-corrected chi connectivity index (χ3v) is 4.25. The standard InChI is InChI=1S/C20H30N4O2/c1-5-6-13-26-19-10-8-7-9-17(19)20(25)24(12-11-23(3)4)14-18-16(2)21-15-22-18/h7-10,15H,5-6,11-14H2,1-4H3,(H,21,22). The van der Waals surface area contributed by atoms with Crippen molar-refractivity contribution in [2.24, 2.45) is 0 Å². The van der Waals surface area contributed by atoms with Gasteiger partial charge in [0.25, 0.3) is 5.91 Å². The zero-order valence-corrected chi connectivity index (χ0v) is 16.3. The van der Waals surface area contributed by atoms with Crippen molar-refractivity contribution in [2.75, 3.05) is 33.8 Å². The number of aryl methyl sites for hydroxylation is 1. The Morgan fingerprint density at radius 2 is 2.00 bits per heavy atom. The number of hydrogen-bond donors (Lipinski definition) is 1. The molecule has 0 saturated heterocycles. The molecule has 0 fully saturated rings. The molecule has 0 aliphatic rings. The van der Waals surface area contributed by atoms with Gasteiger partial charge in [-0.2, -0.15) is 0 Å². The first kappa shape index (κ1) is 20.0. The van der Waals surface area contributed by atoms with Crippen molar-refractivity contribution in [1.29, 1.82) is 0 Å². The fraction of sp³-hybridized carbons (Fsp3) is 0.500. The number of likely N-dealkylation sites (N-methyl/N-ethyl adjacent to an activating group) is 1. The highest BCUT2D eigenvalue weighted by atomic mass is 16.5. The van der Waals surface area contributed by atoms with E-state index in [1.807, 2.05) is 50.2 Å². The second-order valence-corrected chi connectivity index (χ2v) is 6.70. The molecule has 6 heteroatoms. The fourth-order valence-electron chi connectivity index (χ4n) is 2.57. The van der Waals surface area contributed by atoms with Crippen molar-refractivity contribution in [3.63, 3.8) is 0 Å². The monoisotopic (exact) mass is 358 g/mol. The molecule has 1 N–H and O–H groups in total. The van der Waals surface area contributed by atoms with E-state index in [0.717, 1.165) is 30.8 Å². The minimum Gasteiger partial charge on any atom is -0.493 e. The molecule has 0 radical (unpaired) electrons. The Balaban J connectivity index is 2.20. The van der Waals surface area contributed by atoms with Crippen LogP contribution >= 0.6 is 0 Å². The summed E-state index contributed by atoms with van der Waals surface area (Å²) in [5.41, 5.74) is 2.48. The lowest BCUT2D eigenvalue weighted by atomic mass is 10.1. The molecule has 0 saturated carbocycles. The predicted octanol–water partition coefficient (Wildman–Crippen LogP) is 3.10. The van der Waals surface area contributed by atoms with Gasteiger partial charge in [0, 0.05) is 18.8 Å². The van der Waals surface area contributed by atoms with E-state index >= 15 is 0 Å². The Morgan fingerprint density at radius 3 is 2.65 bits per heavy atom. The molecule has 26 heavy (non-hydrogen) atoms. The maximum atomic E-state index is 13.2. The second-order valence-electron chi connectivity index (χ2n) is 6.70. The number of imidazole rings is 1. The van der Waals surface area contributed by atoms with Gasteiger partial charge < -0.3 is 19.5 Å². The maximum Gasteiger partial charge on any atom is 0.258 e. The molecule has 1 amide bonds. The van der Waals surface area contributed by atoms with Gasteiger partial charge in [-0.15, -0.1) is 0 Å². The number of unbranched alkanes of at least 4 members (excludes halogenated alkanes) is 1. The predicted molar refractivity (Wildman–Crippen MR) is 103 cm³/mol. The Kier molecular flexibility index (Phi) is 7.66. The Morgan fingerprint density at radius 1 is 1.23 bits per heavy atom. The summed E-state index contributed by atoms with van der Waals surface area (Å²) < 4.78 is 5.85. The van der Waals surface area contributed by atoms with Crippen LogP contribution in [0, 0.1) is 6.92 Å². The lowest BCUT2D eigenvalue weighted by molar-refractivity contribution is 0.0725. The molecule has 1 heterocycles. The maximum absolute atomic E-state index is 13.2. The van der Waals surface area contributed by atoms with Gasteiger partial charge in [0.15, 0.2) is 0 Å². The van der Waals surface area contributed by atoms with Crippen LogP contribution in [-0.4, -0.2) is 59.5 Å². The number of aromatic nitrogens is 2. The van der Waals surface area contributed by atoms with Gasteiger partial charge in [-0.25, -0.2) is 4.98 Å². The minimum absolute atomic E-state index is 0.0265. The number of aromatic amines is 1. The molecule has 1 aromatic heterocycles. The molecule has 0 spiro atoms. The first-order valence-electron chi connectivity index (χ1n) is 9.17. The van der Waals surface area contributed by atoms with E-state index in [9.17, 15) is 4.79 Å². The average molecular weight is 358 g/mol. The van der Waals surface area contributed by atoms with E-state index in [4.69, 9.17) is 4.74 Å². The summed E-state index contributed by atoms with van der Waals surface area (Å²) >= 11 is 0. The first-order valence-corrected chi connectivity index (χ1v) is 9.17. The number of benzene rings is 1. The zero-order valence-electron chi connectivity index (χ0n) is 16.3. The van der Waals surface area contributed by atoms with E-state index < -0.39 is 0 Å². The SMILES string of the molecule is CCCCOc1ccccc1C(=O)N(CCN(C)C)Cc1nc[nH]c1C. The lowest BCUT2D eigenvalue weighted by Gasteiger charge is -2.25. The van der Waals surface area contributed by atoms with Crippen LogP contribution in [-0.2, 0) is 6.54 Å². The zero-order chi connectivity index (χ0) is 18.9. The normalized spacial score (nSPS) is 11.0. The van der Waals surface area contributed by atoms with Gasteiger partial charge in [0.1, 0.15) is 5.75 Å². The smallest absolute Gasteiger partial charge is 0.258 e. The number of para-hydroxylation sites is 1. The highest BCUT2D eigenvalue weighted by molar-refractivity contribution is 5.96. The Hall–Kier alpha value is -2.34. The third-order valence-electron chi connectivity index (χ3n) is 4.25. The molecule has 0 aliphatic carbocycles. The number of nitrogens with one attached hydrogen (secondary N) is 1. The number of H-pyrrole nitrogens is 1. The fourth-order valence-corrected chi connectivity index (χ4v) is 2.57. The molecule has 0 bridgehead atoms. The van der Waals surface area contributed by atoms with Gasteiger partial charge in [-0.3, -0.25) is 4.79 Å². The van der Waals surface area contributed by atoms with E-state index in [0.29, 0.717) is 31.0 Å². The van der Waals surface area contributed by atoms with Crippen LogP contribution in [0.25, 0.3) is 0 Å². The number of carbonyl (C=O) groups excluding carboxylic acids is 1. The molecule has 142 valence electrons. The number of amides is 1. The van der Waals surface area contributed by atoms with Gasteiger partial charge in [-0.05, 0) is 39.6 Å². The van der Waals surface area contributed by atoms with Crippen molar-refractivity contribution in [3.05, 3.63) is 47.5 Å². The largest absolute Gasteiger partial charge is 0.493 e. The number of carbonyl (C=O) groups is 1. The number of rotatable bonds is 10. The molecule has 2 rings (SSSR count). The van der Waals surface area contributed by atoms with Gasteiger partial charge in [0.2, 0.25) is 0 Å². The quantitative estimate of drug-likeness (QED) is 0.663. The van der Waals surface area contributed by atoms with Crippen molar-refractivity contribution >= 4 is 5.91 Å². The highest BCUT2D eigenvalue weighted by Crippen LogP contribution is 2.21. The molecule has 6 nitrogen and oxygen atoms in total. The van der Waals surface area contributed by atoms with Gasteiger partial charge in [0.05, 0.1) is 30.7 Å². The van der Waals surface area contributed by atoms with E-state index in [1.165, 1.54) is 0 Å². The van der Waals surface area contributed by atoms with Crippen LogP contribution in [0.4, 0.5) is 0 Å². The van der Waals surface area contributed by atoms with Crippen molar-refractivity contribution in [3.8, 4) is 5.75 Å². The molecule has 1 aromatic carbocycles. The minimum atomic E-state index is -0.0265.